The summed E-state index contributed by atoms with van der Waals surface area (Å²) in [7, 11) is 0. The van der Waals surface area contributed by atoms with Gasteiger partial charge in [0.05, 0.1) is 0 Å². The third kappa shape index (κ3) is 4.40. The lowest BCUT2D eigenvalue weighted by molar-refractivity contribution is -0.0790. The van der Waals surface area contributed by atoms with Gasteiger partial charge in [0.15, 0.2) is 0 Å². The molecule has 0 saturated heterocycles. The fourth-order valence-electron chi connectivity index (χ4n) is 1.84. The Hall–Kier alpha value is -1.51. The normalized spacial score (nSPS) is 13.3. The maximum absolute atomic E-state index is 12.1. The second-order valence-electron chi connectivity index (χ2n) is 4.24. The first kappa shape index (κ1) is 14.6. The van der Waals surface area contributed by atoms with Crippen LogP contribution in [-0.4, -0.2) is 6.18 Å². The summed E-state index contributed by atoms with van der Waals surface area (Å²) < 4.78 is 36.2. The lowest BCUT2D eigenvalue weighted by Gasteiger charge is -2.07. The van der Waals surface area contributed by atoms with E-state index >= 15 is 0 Å². The summed E-state index contributed by atoms with van der Waals surface area (Å²) in [6.07, 6.45) is 0.144. The summed E-state index contributed by atoms with van der Waals surface area (Å²) in [5.41, 5.74) is 3.79. The summed E-state index contributed by atoms with van der Waals surface area (Å²) in [6.45, 7) is 5.98. The van der Waals surface area contributed by atoms with E-state index in [9.17, 15) is 13.2 Å². The van der Waals surface area contributed by atoms with Crippen molar-refractivity contribution in [2.75, 3.05) is 0 Å². The van der Waals surface area contributed by atoms with Gasteiger partial charge in [0.2, 0.25) is 0 Å². The molecule has 98 valence electrons. The minimum atomic E-state index is -4.26. The molecule has 0 unspecified atom stereocenters. The number of hydrogen-bond donors (Lipinski definition) is 0. The fourth-order valence-corrected chi connectivity index (χ4v) is 1.84. The Morgan fingerprint density at radius 2 is 1.94 bits per heavy atom. The van der Waals surface area contributed by atoms with Crippen molar-refractivity contribution in [1.82, 2.24) is 0 Å². The molecule has 0 radical (unpaired) electrons. The van der Waals surface area contributed by atoms with Crippen LogP contribution in [-0.2, 0) is 0 Å². The molecule has 0 N–H and O–H groups in total. The van der Waals surface area contributed by atoms with E-state index in [1.807, 2.05) is 19.9 Å². The van der Waals surface area contributed by atoms with Crippen molar-refractivity contribution in [3.63, 3.8) is 0 Å². The van der Waals surface area contributed by atoms with Gasteiger partial charge in [-0.15, -0.1) is 0 Å². The van der Waals surface area contributed by atoms with Gasteiger partial charge in [-0.25, -0.2) is 0 Å². The Bertz CT molecular complexity index is 465. The first-order valence-electron chi connectivity index (χ1n) is 5.87. The molecule has 0 aliphatic carbocycles. The quantitative estimate of drug-likeness (QED) is 0.679. The molecule has 3 heteroatoms. The number of benzene rings is 1. The molecular formula is C15H17F3. The Morgan fingerprint density at radius 3 is 2.44 bits per heavy atom. The first-order chi connectivity index (χ1) is 8.33. The van der Waals surface area contributed by atoms with E-state index in [4.69, 9.17) is 0 Å². The topological polar surface area (TPSA) is 0 Å². The molecule has 18 heavy (non-hydrogen) atoms. The molecule has 0 bridgehead atoms. The highest BCUT2D eigenvalue weighted by molar-refractivity contribution is 5.68. The number of alkyl halides is 3. The van der Waals surface area contributed by atoms with E-state index in [0.29, 0.717) is 5.56 Å². The van der Waals surface area contributed by atoms with E-state index in [1.165, 1.54) is 0 Å². The van der Waals surface area contributed by atoms with Crippen LogP contribution in [0.2, 0.25) is 0 Å². The van der Waals surface area contributed by atoms with Crippen LogP contribution in [0.3, 0.4) is 0 Å². The molecule has 0 fully saturated rings. The average Bonchev–Trinajstić information content (AvgIpc) is 2.25. The molecule has 0 amide bonds. The van der Waals surface area contributed by atoms with Gasteiger partial charge in [-0.1, -0.05) is 37.3 Å². The van der Waals surface area contributed by atoms with E-state index in [2.05, 4.69) is 13.0 Å². The van der Waals surface area contributed by atoms with Gasteiger partial charge >= 0.3 is 6.18 Å². The Labute approximate surface area is 106 Å². The molecule has 0 saturated carbocycles. The highest BCUT2D eigenvalue weighted by atomic mass is 19.4. The smallest absolute Gasteiger partial charge is 0.167 e. The van der Waals surface area contributed by atoms with Crippen molar-refractivity contribution < 1.29 is 13.2 Å². The number of aryl methyl sites for hydroxylation is 1. The van der Waals surface area contributed by atoms with Crippen LogP contribution in [0.1, 0.15) is 37.0 Å². The van der Waals surface area contributed by atoms with Gasteiger partial charge in [-0.3, -0.25) is 0 Å². The lowest BCUT2D eigenvalue weighted by Crippen LogP contribution is -2.00. The Morgan fingerprint density at radius 1 is 1.28 bits per heavy atom. The van der Waals surface area contributed by atoms with Crippen LogP contribution in [0, 0.1) is 6.92 Å². The lowest BCUT2D eigenvalue weighted by atomic mass is 9.98. The maximum atomic E-state index is 12.1. The third-order valence-electron chi connectivity index (χ3n) is 2.65. The van der Waals surface area contributed by atoms with Crippen molar-refractivity contribution in [3.8, 4) is 0 Å². The molecule has 1 rings (SSSR count). The predicted molar refractivity (Wildman–Crippen MR) is 70.2 cm³/mol. The highest BCUT2D eigenvalue weighted by Crippen LogP contribution is 2.22. The first-order valence-corrected chi connectivity index (χ1v) is 5.87. The van der Waals surface area contributed by atoms with Crippen LogP contribution in [0.15, 0.2) is 30.4 Å². The minimum Gasteiger partial charge on any atom is -0.167 e. The van der Waals surface area contributed by atoms with Crippen LogP contribution < -0.4 is 0 Å². The highest BCUT2D eigenvalue weighted by Gasteiger charge is 2.21. The molecule has 0 atom stereocenters. The van der Waals surface area contributed by atoms with Gasteiger partial charge in [0, 0.05) is 6.08 Å². The van der Waals surface area contributed by atoms with Crippen molar-refractivity contribution in [2.24, 2.45) is 0 Å². The zero-order chi connectivity index (χ0) is 13.8. The molecule has 1 aromatic rings. The second kappa shape index (κ2) is 5.89. The number of hydrogen-bond acceptors (Lipinski definition) is 0. The monoisotopic (exact) mass is 254 g/mol. The van der Waals surface area contributed by atoms with E-state index in [1.54, 1.807) is 12.1 Å². The van der Waals surface area contributed by atoms with Gasteiger partial charge in [0.1, 0.15) is 0 Å². The van der Waals surface area contributed by atoms with Crippen molar-refractivity contribution >= 4 is 11.6 Å². The van der Waals surface area contributed by atoms with Gasteiger partial charge in [0.25, 0.3) is 0 Å². The van der Waals surface area contributed by atoms with E-state index in [0.717, 1.165) is 29.2 Å². The van der Waals surface area contributed by atoms with Crippen LogP contribution in [0.4, 0.5) is 13.2 Å². The Kier molecular flexibility index (Phi) is 4.76. The fraction of sp³-hybridized carbons (Fsp3) is 0.333. The number of allylic oxidation sites excluding steroid dienone is 3. The molecule has 0 aromatic heterocycles. The van der Waals surface area contributed by atoms with Crippen LogP contribution in [0.25, 0.3) is 11.6 Å². The molecule has 0 aliphatic heterocycles. The average molecular weight is 254 g/mol. The van der Waals surface area contributed by atoms with Crippen molar-refractivity contribution in [3.05, 3.63) is 47.0 Å². The molecule has 0 spiro atoms. The largest absolute Gasteiger partial charge is 0.409 e. The second-order valence-corrected chi connectivity index (χ2v) is 4.24. The molecule has 1 aromatic carbocycles. The molecule has 0 heterocycles. The van der Waals surface area contributed by atoms with Gasteiger partial charge < -0.3 is 0 Å². The summed E-state index contributed by atoms with van der Waals surface area (Å²) in [5.74, 6) is 0. The maximum Gasteiger partial charge on any atom is 0.409 e. The predicted octanol–water partition coefficient (Wildman–Crippen LogP) is 5.38. The molecular weight excluding hydrogens is 237 g/mol. The molecule has 0 aliphatic rings. The molecule has 0 nitrogen and oxygen atoms in total. The van der Waals surface area contributed by atoms with E-state index < -0.39 is 6.18 Å². The Balaban J connectivity index is 3.00. The summed E-state index contributed by atoms with van der Waals surface area (Å²) in [6, 6.07) is 5.34. The summed E-state index contributed by atoms with van der Waals surface area (Å²) >= 11 is 0. The summed E-state index contributed by atoms with van der Waals surface area (Å²) in [4.78, 5) is 0. The third-order valence-corrected chi connectivity index (χ3v) is 2.65. The van der Waals surface area contributed by atoms with Crippen molar-refractivity contribution in [2.45, 2.75) is 33.4 Å². The minimum absolute atomic E-state index is 0.260. The zero-order valence-corrected chi connectivity index (χ0v) is 10.8. The number of halogens is 3. The van der Waals surface area contributed by atoms with E-state index in [-0.39, 0.29) is 6.08 Å². The van der Waals surface area contributed by atoms with Gasteiger partial charge in [-0.2, -0.15) is 13.2 Å². The SMILES string of the molecule is CC/C=C(/C)c1ccc(/C=C/C(F)(F)F)cc1C. The van der Waals surface area contributed by atoms with Crippen LogP contribution >= 0.6 is 0 Å². The van der Waals surface area contributed by atoms with Gasteiger partial charge in [-0.05, 0) is 42.5 Å². The standard InChI is InChI=1S/C15H17F3/c1-4-5-11(2)14-7-6-13(10-12(14)3)8-9-15(16,17)18/h5-10H,4H2,1-3H3/b9-8+,11-5-. The van der Waals surface area contributed by atoms with Crippen LogP contribution in [0.5, 0.6) is 0 Å². The van der Waals surface area contributed by atoms with Crippen molar-refractivity contribution in [1.29, 1.82) is 0 Å². The zero-order valence-electron chi connectivity index (χ0n) is 10.8. The summed E-state index contributed by atoms with van der Waals surface area (Å²) in [5, 5.41) is 0. The number of rotatable bonds is 3.